The van der Waals surface area contributed by atoms with Crippen LogP contribution in [-0.4, -0.2) is 49.3 Å². The number of phosphoric acid groups is 1. The van der Waals surface area contributed by atoms with Crippen LogP contribution in [0, 0.1) is 0 Å². The molecule has 0 aromatic carbocycles. The third-order valence-electron chi connectivity index (χ3n) is 8.45. The molecule has 0 amide bonds. The van der Waals surface area contributed by atoms with E-state index in [1.165, 1.54) is 25.7 Å². The van der Waals surface area contributed by atoms with Crippen molar-refractivity contribution >= 4 is 19.8 Å². The van der Waals surface area contributed by atoms with Crippen LogP contribution in [0.2, 0.25) is 0 Å². The molecule has 0 aromatic rings. The number of carbonyl (C=O) groups excluding carboxylic acids is 2. The first-order valence-corrected chi connectivity index (χ1v) is 23.2. The number of ether oxygens (including phenoxy) is 2. The van der Waals surface area contributed by atoms with Gasteiger partial charge in [-0.3, -0.25) is 18.6 Å². The van der Waals surface area contributed by atoms with Crippen molar-refractivity contribution in [1.29, 1.82) is 0 Å². The molecular formula is C47H78NO8P. The molecule has 0 saturated heterocycles. The molecule has 2 atom stereocenters. The lowest BCUT2D eigenvalue weighted by Crippen LogP contribution is -2.29. The Morgan fingerprint density at radius 3 is 1.44 bits per heavy atom. The number of esters is 2. The van der Waals surface area contributed by atoms with Crippen LogP contribution in [0.5, 0.6) is 0 Å². The summed E-state index contributed by atoms with van der Waals surface area (Å²) in [5.41, 5.74) is 5.34. The van der Waals surface area contributed by atoms with E-state index in [4.69, 9.17) is 24.3 Å². The van der Waals surface area contributed by atoms with Gasteiger partial charge in [0.25, 0.3) is 0 Å². The van der Waals surface area contributed by atoms with Gasteiger partial charge < -0.3 is 20.1 Å². The number of unbranched alkanes of at least 4 members (excludes halogenated alkanes) is 10. The van der Waals surface area contributed by atoms with Crippen molar-refractivity contribution in [1.82, 2.24) is 0 Å². The van der Waals surface area contributed by atoms with Crippen molar-refractivity contribution in [3.05, 3.63) is 97.2 Å². The van der Waals surface area contributed by atoms with Gasteiger partial charge in [-0.15, -0.1) is 0 Å². The summed E-state index contributed by atoms with van der Waals surface area (Å²) in [6.07, 6.45) is 54.3. The molecule has 0 saturated carbocycles. The van der Waals surface area contributed by atoms with Crippen molar-refractivity contribution in [3.63, 3.8) is 0 Å². The Labute approximate surface area is 346 Å². The molecule has 0 radical (unpaired) electrons. The monoisotopic (exact) mass is 816 g/mol. The lowest BCUT2D eigenvalue weighted by molar-refractivity contribution is -0.161. The second-order valence-corrected chi connectivity index (χ2v) is 15.3. The Hall–Kier alpha value is -3.07. The number of hydrogen-bond donors (Lipinski definition) is 2. The molecule has 0 aliphatic heterocycles. The molecule has 0 aromatic heterocycles. The summed E-state index contributed by atoms with van der Waals surface area (Å²) in [6.45, 7) is 3.50. The molecule has 3 N–H and O–H groups in total. The summed E-state index contributed by atoms with van der Waals surface area (Å²) >= 11 is 0. The predicted octanol–water partition coefficient (Wildman–Crippen LogP) is 12.6. The smallest absolute Gasteiger partial charge is 0.462 e. The van der Waals surface area contributed by atoms with E-state index in [2.05, 4.69) is 111 Å². The number of carbonyl (C=O) groups is 2. The summed E-state index contributed by atoms with van der Waals surface area (Å²) in [5, 5.41) is 0. The summed E-state index contributed by atoms with van der Waals surface area (Å²) in [5.74, 6) is -0.902. The number of phosphoric ester groups is 1. The molecule has 0 bridgehead atoms. The molecule has 324 valence electrons. The van der Waals surface area contributed by atoms with Gasteiger partial charge in [-0.05, 0) is 96.3 Å². The summed E-state index contributed by atoms with van der Waals surface area (Å²) in [4.78, 5) is 34.9. The molecule has 0 spiro atoms. The zero-order valence-corrected chi connectivity index (χ0v) is 36.4. The normalized spacial score (nSPS) is 14.2. The molecule has 0 aliphatic rings. The van der Waals surface area contributed by atoms with E-state index in [1.54, 1.807) is 0 Å². The Morgan fingerprint density at radius 2 is 0.965 bits per heavy atom. The van der Waals surface area contributed by atoms with Crippen LogP contribution >= 0.6 is 7.82 Å². The minimum atomic E-state index is -4.40. The van der Waals surface area contributed by atoms with Crippen LogP contribution in [0.3, 0.4) is 0 Å². The average molecular weight is 816 g/mol. The van der Waals surface area contributed by atoms with Crippen molar-refractivity contribution in [2.24, 2.45) is 5.73 Å². The van der Waals surface area contributed by atoms with Crippen molar-refractivity contribution in [2.45, 2.75) is 161 Å². The molecule has 0 fully saturated rings. The highest BCUT2D eigenvalue weighted by molar-refractivity contribution is 7.47. The Kier molecular flexibility index (Phi) is 40.2. The Balaban J connectivity index is 4.29. The highest BCUT2D eigenvalue weighted by atomic mass is 31.2. The fourth-order valence-corrected chi connectivity index (χ4v) is 6.02. The first-order chi connectivity index (χ1) is 27.8. The van der Waals surface area contributed by atoms with Crippen LogP contribution < -0.4 is 5.73 Å². The Morgan fingerprint density at radius 1 is 0.544 bits per heavy atom. The van der Waals surface area contributed by atoms with Crippen LogP contribution in [-0.2, 0) is 32.7 Å². The van der Waals surface area contributed by atoms with E-state index in [9.17, 15) is 19.0 Å². The second kappa shape index (κ2) is 42.5. The fourth-order valence-electron chi connectivity index (χ4n) is 5.25. The topological polar surface area (TPSA) is 134 Å². The maximum absolute atomic E-state index is 12.6. The molecular weight excluding hydrogens is 737 g/mol. The van der Waals surface area contributed by atoms with Gasteiger partial charge in [0.1, 0.15) is 6.61 Å². The first kappa shape index (κ1) is 53.9. The molecule has 10 heteroatoms. The van der Waals surface area contributed by atoms with Gasteiger partial charge in [0, 0.05) is 19.4 Å². The van der Waals surface area contributed by atoms with Gasteiger partial charge in [0.2, 0.25) is 0 Å². The van der Waals surface area contributed by atoms with Crippen LogP contribution in [0.25, 0.3) is 0 Å². The maximum Gasteiger partial charge on any atom is 0.472 e. The van der Waals surface area contributed by atoms with Gasteiger partial charge >= 0.3 is 19.8 Å². The van der Waals surface area contributed by atoms with E-state index in [0.717, 1.165) is 89.9 Å². The van der Waals surface area contributed by atoms with Gasteiger partial charge in [0.05, 0.1) is 13.2 Å². The summed E-state index contributed by atoms with van der Waals surface area (Å²) < 4.78 is 32.7. The van der Waals surface area contributed by atoms with E-state index in [-0.39, 0.29) is 32.6 Å². The highest BCUT2D eigenvalue weighted by Crippen LogP contribution is 2.43. The molecule has 0 heterocycles. The van der Waals surface area contributed by atoms with E-state index < -0.39 is 32.5 Å². The summed E-state index contributed by atoms with van der Waals surface area (Å²) in [6, 6.07) is 0. The van der Waals surface area contributed by atoms with Crippen molar-refractivity contribution < 1.29 is 37.6 Å². The Bertz CT molecular complexity index is 1250. The first-order valence-electron chi connectivity index (χ1n) is 21.7. The lowest BCUT2D eigenvalue weighted by Gasteiger charge is -2.19. The van der Waals surface area contributed by atoms with Gasteiger partial charge in [-0.25, -0.2) is 4.57 Å². The third kappa shape index (κ3) is 42.4. The van der Waals surface area contributed by atoms with Crippen LogP contribution in [0.4, 0.5) is 0 Å². The molecule has 0 aliphatic carbocycles. The summed E-state index contributed by atoms with van der Waals surface area (Å²) in [7, 11) is -4.40. The third-order valence-corrected chi connectivity index (χ3v) is 9.44. The number of rotatable bonds is 39. The lowest BCUT2D eigenvalue weighted by atomic mass is 10.1. The minimum Gasteiger partial charge on any atom is -0.462 e. The minimum absolute atomic E-state index is 0.0386. The quantitative estimate of drug-likeness (QED) is 0.0269. The molecule has 9 nitrogen and oxygen atoms in total. The van der Waals surface area contributed by atoms with Crippen LogP contribution in [0.1, 0.15) is 155 Å². The van der Waals surface area contributed by atoms with Crippen molar-refractivity contribution in [2.75, 3.05) is 26.4 Å². The SMILES string of the molecule is CC/C=C\C/C=C\C/C=C\C/C=C\C/C=C\CCCCCC(=O)O[C@H](COC(=O)CCCCCC/C=C\C/C=C\C/C=C\CCCCC)COP(=O)(O)OCCN. The van der Waals surface area contributed by atoms with Crippen LogP contribution in [0.15, 0.2) is 97.2 Å². The average Bonchev–Trinajstić information content (AvgIpc) is 3.20. The molecule has 1 unspecified atom stereocenters. The number of allylic oxidation sites excluding steroid dienone is 16. The maximum atomic E-state index is 12.6. The number of hydrogen-bond acceptors (Lipinski definition) is 8. The predicted molar refractivity (Wildman–Crippen MR) is 238 cm³/mol. The van der Waals surface area contributed by atoms with E-state index in [0.29, 0.717) is 12.8 Å². The molecule has 0 rings (SSSR count). The van der Waals surface area contributed by atoms with Gasteiger partial charge in [-0.2, -0.15) is 0 Å². The van der Waals surface area contributed by atoms with E-state index >= 15 is 0 Å². The van der Waals surface area contributed by atoms with E-state index in [1.807, 2.05) is 0 Å². The van der Waals surface area contributed by atoms with Gasteiger partial charge in [-0.1, -0.05) is 143 Å². The highest BCUT2D eigenvalue weighted by Gasteiger charge is 2.25. The number of nitrogens with two attached hydrogens (primary N) is 1. The largest absolute Gasteiger partial charge is 0.472 e. The molecule has 57 heavy (non-hydrogen) atoms. The van der Waals surface area contributed by atoms with Gasteiger partial charge in [0.15, 0.2) is 6.10 Å². The zero-order valence-electron chi connectivity index (χ0n) is 35.5. The second-order valence-electron chi connectivity index (χ2n) is 13.8. The standard InChI is InChI=1S/C47H78NO8P/c1-3-5-7-9-11-13-15-17-19-21-22-24-26-28-30-32-34-36-38-40-47(50)56-45(44-55-57(51,52)54-42-41-48)43-53-46(49)39-37-35-33-31-29-27-25-23-20-18-16-14-12-10-8-6-4-2/h5,7,11-14,17-20,22,24-25,27-28,30,45H,3-4,6,8-10,15-16,21,23,26,29,31-44,48H2,1-2H3,(H,51,52)/b7-5-,13-11-,14-12-,19-17-,20-18-,24-22-,27-25-,30-28-/t45-/m1/s1. The zero-order chi connectivity index (χ0) is 41.8. The van der Waals surface area contributed by atoms with Crippen molar-refractivity contribution in [3.8, 4) is 0 Å². The fraction of sp³-hybridized carbons (Fsp3) is 0.617.